The van der Waals surface area contributed by atoms with E-state index in [2.05, 4.69) is 12.0 Å². The van der Waals surface area contributed by atoms with Gasteiger partial charge in [0.2, 0.25) is 0 Å². The van der Waals surface area contributed by atoms with E-state index in [0.717, 1.165) is 18.7 Å². The van der Waals surface area contributed by atoms with Gasteiger partial charge in [-0.3, -0.25) is 9.48 Å². The smallest absolute Gasteiger partial charge is 0.430 e. The highest BCUT2D eigenvalue weighted by Gasteiger charge is 2.45. The van der Waals surface area contributed by atoms with Gasteiger partial charge in [0.05, 0.1) is 11.8 Å². The average Bonchev–Trinajstić information content (AvgIpc) is 3.04. The monoisotopic (exact) mass is 307 g/mol. The molecular formula is C15H21N3O4. The van der Waals surface area contributed by atoms with Crippen molar-refractivity contribution in [3.05, 3.63) is 17.5 Å². The van der Waals surface area contributed by atoms with E-state index < -0.39 is 11.8 Å². The van der Waals surface area contributed by atoms with Crippen molar-refractivity contribution in [1.82, 2.24) is 14.7 Å². The highest BCUT2D eigenvalue weighted by Crippen LogP contribution is 2.32. The fourth-order valence-corrected chi connectivity index (χ4v) is 3.05. The van der Waals surface area contributed by atoms with Crippen LogP contribution in [0.1, 0.15) is 42.2 Å². The zero-order valence-electron chi connectivity index (χ0n) is 13.0. The summed E-state index contributed by atoms with van der Waals surface area (Å²) in [7, 11) is 0. The molecule has 7 nitrogen and oxygen atoms in total. The molecule has 2 aliphatic heterocycles. The molecule has 120 valence electrons. The minimum atomic E-state index is -0.600. The summed E-state index contributed by atoms with van der Waals surface area (Å²) in [6, 6.07) is 0. The average molecular weight is 307 g/mol. The van der Waals surface area contributed by atoms with Gasteiger partial charge in [0.1, 0.15) is 6.61 Å². The van der Waals surface area contributed by atoms with Crippen LogP contribution in [-0.4, -0.2) is 52.0 Å². The molecule has 0 radical (unpaired) electrons. The van der Waals surface area contributed by atoms with Gasteiger partial charge in [0, 0.05) is 38.2 Å². The van der Waals surface area contributed by atoms with Gasteiger partial charge >= 0.3 is 6.16 Å². The largest absolute Gasteiger partial charge is 0.509 e. The van der Waals surface area contributed by atoms with Gasteiger partial charge in [0.25, 0.3) is 5.91 Å². The van der Waals surface area contributed by atoms with E-state index >= 15 is 0 Å². The van der Waals surface area contributed by atoms with Crippen LogP contribution >= 0.6 is 0 Å². The summed E-state index contributed by atoms with van der Waals surface area (Å²) >= 11 is 0. The molecular weight excluding hydrogens is 286 g/mol. The van der Waals surface area contributed by atoms with Crippen LogP contribution in [0.5, 0.6) is 0 Å². The lowest BCUT2D eigenvalue weighted by Gasteiger charge is -2.36. The maximum Gasteiger partial charge on any atom is 0.509 e. The number of amides is 1. The Hall–Kier alpha value is -2.05. The molecule has 22 heavy (non-hydrogen) atoms. The Labute approximate surface area is 129 Å². The zero-order chi connectivity index (χ0) is 15.7. The van der Waals surface area contributed by atoms with E-state index in [-0.39, 0.29) is 5.91 Å². The molecule has 0 unspecified atom stereocenters. The number of aromatic nitrogens is 2. The molecule has 3 heterocycles. The van der Waals surface area contributed by atoms with Crippen molar-refractivity contribution in [1.29, 1.82) is 0 Å². The topological polar surface area (TPSA) is 73.7 Å². The van der Waals surface area contributed by atoms with Crippen molar-refractivity contribution in [2.45, 2.75) is 45.3 Å². The van der Waals surface area contributed by atoms with Crippen molar-refractivity contribution in [3.63, 3.8) is 0 Å². The lowest BCUT2D eigenvalue weighted by Crippen LogP contribution is -2.48. The van der Waals surface area contributed by atoms with E-state index in [1.165, 1.54) is 0 Å². The Morgan fingerprint density at radius 2 is 2.14 bits per heavy atom. The third kappa shape index (κ3) is 2.55. The number of rotatable bonds is 3. The summed E-state index contributed by atoms with van der Waals surface area (Å²) in [4.78, 5) is 25.6. The van der Waals surface area contributed by atoms with Crippen molar-refractivity contribution in [2.24, 2.45) is 0 Å². The fraction of sp³-hybridized carbons (Fsp3) is 0.667. The van der Waals surface area contributed by atoms with Crippen LogP contribution < -0.4 is 0 Å². The molecule has 3 rings (SSSR count). The first-order valence-electron chi connectivity index (χ1n) is 7.72. The maximum absolute atomic E-state index is 12.6. The Kier molecular flexibility index (Phi) is 3.80. The summed E-state index contributed by atoms with van der Waals surface area (Å²) in [6.45, 7) is 6.24. The molecule has 0 saturated carbocycles. The first-order valence-corrected chi connectivity index (χ1v) is 7.72. The number of carbonyl (C=O) groups excluding carboxylic acids is 2. The number of nitrogens with zero attached hydrogens (tertiary/aromatic N) is 3. The number of hydrogen-bond acceptors (Lipinski definition) is 5. The number of carbonyl (C=O) groups is 2. The van der Waals surface area contributed by atoms with Gasteiger partial charge in [-0.2, -0.15) is 5.10 Å². The quantitative estimate of drug-likeness (QED) is 0.795. The van der Waals surface area contributed by atoms with E-state index in [4.69, 9.17) is 9.47 Å². The lowest BCUT2D eigenvalue weighted by molar-refractivity contribution is 0.00279. The number of hydrogen-bond donors (Lipinski definition) is 0. The molecule has 1 amide bonds. The first kappa shape index (κ1) is 14.9. The molecule has 1 spiro atoms. The normalized spacial score (nSPS) is 20.1. The summed E-state index contributed by atoms with van der Waals surface area (Å²) in [5.41, 5.74) is 1.03. The minimum absolute atomic E-state index is 0.0000510. The molecule has 1 aromatic rings. The van der Waals surface area contributed by atoms with E-state index in [1.807, 2.05) is 11.6 Å². The number of likely N-dealkylation sites (tertiary alicyclic amines) is 1. The summed E-state index contributed by atoms with van der Waals surface area (Å²) in [6.07, 6.45) is 3.26. The molecule has 0 N–H and O–H groups in total. The molecule has 0 aromatic carbocycles. The fourth-order valence-electron chi connectivity index (χ4n) is 3.05. The zero-order valence-corrected chi connectivity index (χ0v) is 13.0. The predicted molar refractivity (Wildman–Crippen MR) is 77.6 cm³/mol. The van der Waals surface area contributed by atoms with Crippen LogP contribution in [0.25, 0.3) is 0 Å². The lowest BCUT2D eigenvalue weighted by atomic mass is 9.92. The Balaban J connectivity index is 1.66. The summed E-state index contributed by atoms with van der Waals surface area (Å²) in [5, 5.41) is 4.28. The highest BCUT2D eigenvalue weighted by atomic mass is 16.8. The third-order valence-corrected chi connectivity index (χ3v) is 4.48. The molecule has 2 aliphatic rings. The van der Waals surface area contributed by atoms with E-state index in [0.29, 0.717) is 38.1 Å². The van der Waals surface area contributed by atoms with Gasteiger partial charge in [-0.25, -0.2) is 4.79 Å². The predicted octanol–water partition coefficient (Wildman–Crippen LogP) is 1.74. The third-order valence-electron chi connectivity index (χ3n) is 4.48. The van der Waals surface area contributed by atoms with Crippen molar-refractivity contribution in [2.75, 3.05) is 19.7 Å². The SMILES string of the molecule is CCCn1ncc(C(=O)N2CCC3(CC2)COC(=O)O3)c1C. The van der Waals surface area contributed by atoms with Crippen molar-refractivity contribution in [3.8, 4) is 0 Å². The van der Waals surface area contributed by atoms with E-state index in [9.17, 15) is 9.59 Å². The van der Waals surface area contributed by atoms with Crippen LogP contribution in [0.2, 0.25) is 0 Å². The van der Waals surface area contributed by atoms with Crippen LogP contribution in [0.4, 0.5) is 4.79 Å². The molecule has 1 aromatic heterocycles. The summed E-state index contributed by atoms with van der Waals surface area (Å²) in [5.74, 6) is -0.0000510. The standard InChI is InChI=1S/C15H21N3O4/c1-3-6-18-11(2)12(9-16-18)13(19)17-7-4-15(5-8-17)10-21-14(20)22-15/h9H,3-8,10H2,1-2H3. The maximum atomic E-state index is 12.6. The highest BCUT2D eigenvalue weighted by molar-refractivity contribution is 5.95. The number of aryl methyl sites for hydroxylation is 1. The van der Waals surface area contributed by atoms with Gasteiger partial charge in [-0.1, -0.05) is 6.92 Å². The second-order valence-electron chi connectivity index (χ2n) is 5.98. The second-order valence-corrected chi connectivity index (χ2v) is 5.98. The first-order chi connectivity index (χ1) is 10.5. The number of ether oxygens (including phenoxy) is 2. The molecule has 0 aliphatic carbocycles. The molecule has 2 saturated heterocycles. The van der Waals surface area contributed by atoms with Gasteiger partial charge in [-0.05, 0) is 13.3 Å². The second kappa shape index (κ2) is 5.62. The van der Waals surface area contributed by atoms with Crippen LogP contribution in [0, 0.1) is 6.92 Å². The summed E-state index contributed by atoms with van der Waals surface area (Å²) < 4.78 is 12.0. The molecule has 2 fully saturated rings. The number of cyclic esters (lactones) is 1. The molecule has 7 heteroatoms. The van der Waals surface area contributed by atoms with Gasteiger partial charge < -0.3 is 14.4 Å². The van der Waals surface area contributed by atoms with E-state index in [1.54, 1.807) is 11.1 Å². The Bertz CT molecular complexity index is 588. The van der Waals surface area contributed by atoms with Crippen molar-refractivity contribution >= 4 is 12.1 Å². The molecule has 0 atom stereocenters. The number of piperidine rings is 1. The molecule has 0 bridgehead atoms. The Morgan fingerprint density at radius 1 is 1.41 bits per heavy atom. The minimum Gasteiger partial charge on any atom is -0.430 e. The van der Waals surface area contributed by atoms with Gasteiger partial charge in [0.15, 0.2) is 5.60 Å². The van der Waals surface area contributed by atoms with Crippen molar-refractivity contribution < 1.29 is 19.1 Å². The van der Waals surface area contributed by atoms with Gasteiger partial charge in [-0.15, -0.1) is 0 Å². The van der Waals surface area contributed by atoms with Crippen LogP contribution in [0.15, 0.2) is 6.20 Å². The van der Waals surface area contributed by atoms with Crippen LogP contribution in [0.3, 0.4) is 0 Å². The van der Waals surface area contributed by atoms with Crippen LogP contribution in [-0.2, 0) is 16.0 Å². The Morgan fingerprint density at radius 3 is 2.73 bits per heavy atom.